The molecule has 0 bridgehead atoms. The van der Waals surface area contributed by atoms with E-state index in [9.17, 15) is 0 Å². The Morgan fingerprint density at radius 1 is 1.50 bits per heavy atom. The van der Waals surface area contributed by atoms with Crippen LogP contribution in [-0.2, 0) is 6.42 Å². The van der Waals surface area contributed by atoms with Gasteiger partial charge in [0, 0.05) is 29.3 Å². The molecule has 96 valence electrons. The molecule has 1 aromatic carbocycles. The average Bonchev–Trinajstić information content (AvgIpc) is 2.85. The van der Waals surface area contributed by atoms with E-state index in [0.717, 1.165) is 28.3 Å². The first-order chi connectivity index (χ1) is 8.70. The minimum absolute atomic E-state index is 0.231. The van der Waals surface area contributed by atoms with Crippen molar-refractivity contribution in [1.82, 2.24) is 15.3 Å². The SMILES string of the molecule is CCNC(Cc1ncc[nH]1)c1ccc(Cl)c(Br)c1. The van der Waals surface area contributed by atoms with Crippen LogP contribution in [0.3, 0.4) is 0 Å². The Morgan fingerprint density at radius 2 is 2.33 bits per heavy atom. The normalized spacial score (nSPS) is 12.6. The molecule has 2 N–H and O–H groups in total. The molecule has 0 amide bonds. The summed E-state index contributed by atoms with van der Waals surface area (Å²) < 4.78 is 0.920. The van der Waals surface area contributed by atoms with Crippen LogP contribution in [0.1, 0.15) is 24.4 Å². The van der Waals surface area contributed by atoms with Gasteiger partial charge in [0.2, 0.25) is 0 Å². The van der Waals surface area contributed by atoms with Crippen molar-refractivity contribution >= 4 is 27.5 Å². The van der Waals surface area contributed by atoms with E-state index in [0.29, 0.717) is 0 Å². The molecule has 1 unspecified atom stereocenters. The molecular formula is C13H15BrClN3. The molecule has 2 rings (SSSR count). The first-order valence-corrected chi connectivity index (χ1v) is 7.04. The molecule has 1 aromatic heterocycles. The first-order valence-electron chi connectivity index (χ1n) is 5.87. The molecule has 0 aliphatic heterocycles. The molecule has 2 aromatic rings. The van der Waals surface area contributed by atoms with Gasteiger partial charge < -0.3 is 10.3 Å². The molecule has 0 saturated heterocycles. The standard InChI is InChI=1S/C13H15BrClN3/c1-2-16-12(8-13-17-5-6-18-13)9-3-4-11(15)10(14)7-9/h3-7,12,16H,2,8H2,1H3,(H,17,18). The van der Waals surface area contributed by atoms with Crippen LogP contribution in [0.5, 0.6) is 0 Å². The Kier molecular flexibility index (Phi) is 4.80. The van der Waals surface area contributed by atoms with Crippen LogP contribution in [0.15, 0.2) is 35.1 Å². The number of imidazole rings is 1. The van der Waals surface area contributed by atoms with Crippen molar-refractivity contribution in [2.24, 2.45) is 0 Å². The molecule has 3 nitrogen and oxygen atoms in total. The number of aromatic nitrogens is 2. The zero-order valence-electron chi connectivity index (χ0n) is 10.1. The fraction of sp³-hybridized carbons (Fsp3) is 0.308. The number of hydrogen-bond donors (Lipinski definition) is 2. The average molecular weight is 329 g/mol. The Balaban J connectivity index is 2.20. The molecule has 1 atom stereocenters. The molecule has 1 heterocycles. The van der Waals surface area contributed by atoms with Gasteiger partial charge in [0.05, 0.1) is 5.02 Å². The van der Waals surface area contributed by atoms with Gasteiger partial charge in [-0.2, -0.15) is 0 Å². The number of rotatable bonds is 5. The summed E-state index contributed by atoms with van der Waals surface area (Å²) in [5.41, 5.74) is 1.20. The zero-order chi connectivity index (χ0) is 13.0. The summed E-state index contributed by atoms with van der Waals surface area (Å²) in [6.07, 6.45) is 4.45. The van der Waals surface area contributed by atoms with Crippen LogP contribution >= 0.6 is 27.5 Å². The Labute approximate surface area is 120 Å². The monoisotopic (exact) mass is 327 g/mol. The largest absolute Gasteiger partial charge is 0.349 e. The van der Waals surface area contributed by atoms with E-state index in [2.05, 4.69) is 44.2 Å². The quantitative estimate of drug-likeness (QED) is 0.878. The number of nitrogens with zero attached hydrogens (tertiary/aromatic N) is 1. The van der Waals surface area contributed by atoms with Gasteiger partial charge in [-0.05, 0) is 40.2 Å². The lowest BCUT2D eigenvalue weighted by molar-refractivity contribution is 0.539. The van der Waals surface area contributed by atoms with Crippen molar-refractivity contribution in [2.75, 3.05) is 6.54 Å². The van der Waals surface area contributed by atoms with Crippen LogP contribution in [0.2, 0.25) is 5.02 Å². The second kappa shape index (κ2) is 6.36. The molecule has 5 heteroatoms. The third-order valence-electron chi connectivity index (χ3n) is 2.75. The van der Waals surface area contributed by atoms with Crippen molar-refractivity contribution in [2.45, 2.75) is 19.4 Å². The summed E-state index contributed by atoms with van der Waals surface area (Å²) in [6.45, 7) is 3.01. The number of nitrogens with one attached hydrogen (secondary N) is 2. The van der Waals surface area contributed by atoms with E-state index >= 15 is 0 Å². The second-order valence-electron chi connectivity index (χ2n) is 4.02. The summed E-state index contributed by atoms with van der Waals surface area (Å²) in [7, 11) is 0. The molecule has 0 aliphatic rings. The van der Waals surface area contributed by atoms with Crippen molar-refractivity contribution in [3.8, 4) is 0 Å². The third-order valence-corrected chi connectivity index (χ3v) is 3.96. The van der Waals surface area contributed by atoms with Gasteiger partial charge >= 0.3 is 0 Å². The maximum atomic E-state index is 6.02. The minimum atomic E-state index is 0.231. The molecule has 0 aliphatic carbocycles. The number of aromatic amines is 1. The van der Waals surface area contributed by atoms with Gasteiger partial charge in [-0.15, -0.1) is 0 Å². The van der Waals surface area contributed by atoms with Crippen molar-refractivity contribution in [3.05, 3.63) is 51.5 Å². The summed E-state index contributed by atoms with van der Waals surface area (Å²) >= 11 is 9.48. The van der Waals surface area contributed by atoms with Crippen LogP contribution in [0, 0.1) is 0 Å². The summed E-state index contributed by atoms with van der Waals surface area (Å²) in [6, 6.07) is 6.24. The highest BCUT2D eigenvalue weighted by Gasteiger charge is 2.13. The van der Waals surface area contributed by atoms with Gasteiger partial charge in [-0.25, -0.2) is 4.98 Å². The molecule has 18 heavy (non-hydrogen) atoms. The maximum Gasteiger partial charge on any atom is 0.107 e. The lowest BCUT2D eigenvalue weighted by atomic mass is 10.0. The van der Waals surface area contributed by atoms with Crippen molar-refractivity contribution < 1.29 is 0 Å². The number of likely N-dealkylation sites (N-methyl/N-ethyl adjacent to an activating group) is 1. The highest BCUT2D eigenvalue weighted by molar-refractivity contribution is 9.10. The van der Waals surface area contributed by atoms with Crippen LogP contribution in [0.4, 0.5) is 0 Å². The highest BCUT2D eigenvalue weighted by Crippen LogP contribution is 2.27. The predicted octanol–water partition coefficient (Wildman–Crippen LogP) is 3.72. The molecule has 0 fully saturated rings. The smallest absolute Gasteiger partial charge is 0.107 e. The van der Waals surface area contributed by atoms with E-state index in [1.54, 1.807) is 6.20 Å². The van der Waals surface area contributed by atoms with Gasteiger partial charge in [0.15, 0.2) is 0 Å². The first kappa shape index (κ1) is 13.6. The molecule has 0 saturated carbocycles. The van der Waals surface area contributed by atoms with Crippen molar-refractivity contribution in [1.29, 1.82) is 0 Å². The fourth-order valence-electron chi connectivity index (χ4n) is 1.89. The van der Waals surface area contributed by atoms with Crippen LogP contribution in [-0.4, -0.2) is 16.5 Å². The predicted molar refractivity (Wildman–Crippen MR) is 77.9 cm³/mol. The third kappa shape index (κ3) is 3.34. The fourth-order valence-corrected chi connectivity index (χ4v) is 2.40. The molecular weight excluding hydrogens is 314 g/mol. The number of H-pyrrole nitrogens is 1. The number of benzene rings is 1. The Bertz CT molecular complexity index is 499. The van der Waals surface area contributed by atoms with Gasteiger partial charge in [0.1, 0.15) is 5.82 Å². The van der Waals surface area contributed by atoms with Gasteiger partial charge in [-0.1, -0.05) is 24.6 Å². The zero-order valence-corrected chi connectivity index (χ0v) is 12.4. The van der Waals surface area contributed by atoms with E-state index in [1.165, 1.54) is 5.56 Å². The van der Waals surface area contributed by atoms with E-state index in [4.69, 9.17) is 11.6 Å². The van der Waals surface area contributed by atoms with E-state index < -0.39 is 0 Å². The van der Waals surface area contributed by atoms with Crippen molar-refractivity contribution in [3.63, 3.8) is 0 Å². The van der Waals surface area contributed by atoms with Gasteiger partial charge in [0.25, 0.3) is 0 Å². The van der Waals surface area contributed by atoms with E-state index in [-0.39, 0.29) is 6.04 Å². The minimum Gasteiger partial charge on any atom is -0.349 e. The van der Waals surface area contributed by atoms with Gasteiger partial charge in [-0.3, -0.25) is 0 Å². The van der Waals surface area contributed by atoms with Crippen LogP contribution < -0.4 is 5.32 Å². The lowest BCUT2D eigenvalue weighted by Crippen LogP contribution is -2.23. The van der Waals surface area contributed by atoms with Crippen LogP contribution in [0.25, 0.3) is 0 Å². The topological polar surface area (TPSA) is 40.7 Å². The number of hydrogen-bond acceptors (Lipinski definition) is 2. The number of halogens is 2. The summed E-state index contributed by atoms with van der Waals surface area (Å²) in [5.74, 6) is 0.979. The Morgan fingerprint density at radius 3 is 2.94 bits per heavy atom. The summed E-state index contributed by atoms with van der Waals surface area (Å²) in [4.78, 5) is 7.40. The molecule has 0 radical (unpaired) electrons. The van der Waals surface area contributed by atoms with E-state index in [1.807, 2.05) is 18.3 Å². The highest BCUT2D eigenvalue weighted by atomic mass is 79.9. The maximum absolute atomic E-state index is 6.02. The molecule has 0 spiro atoms. The second-order valence-corrected chi connectivity index (χ2v) is 5.29. The lowest BCUT2D eigenvalue weighted by Gasteiger charge is -2.17. The Hall–Kier alpha value is -0.840. The summed E-state index contributed by atoms with van der Waals surface area (Å²) in [5, 5.41) is 4.19.